The van der Waals surface area contributed by atoms with Crippen LogP contribution < -0.4 is 5.32 Å². The summed E-state index contributed by atoms with van der Waals surface area (Å²) in [7, 11) is 0. The minimum Gasteiger partial charge on any atom is -0.306 e. The molecular formula is C14H19NS2. The second-order valence-electron chi connectivity index (χ2n) is 4.08. The molecule has 1 unspecified atom stereocenters. The first-order valence-corrected chi connectivity index (χ1v) is 7.81. The molecule has 3 heteroatoms. The van der Waals surface area contributed by atoms with E-state index in [1.54, 1.807) is 0 Å². The van der Waals surface area contributed by atoms with Gasteiger partial charge in [0.05, 0.1) is 6.04 Å². The smallest absolute Gasteiger partial charge is 0.0681 e. The van der Waals surface area contributed by atoms with Crippen molar-refractivity contribution in [1.82, 2.24) is 5.32 Å². The molecule has 0 aliphatic carbocycles. The molecule has 0 aliphatic heterocycles. The summed E-state index contributed by atoms with van der Waals surface area (Å²) in [6.07, 6.45) is 1.13. The molecule has 92 valence electrons. The second-order valence-corrected chi connectivity index (χ2v) is 6.40. The Morgan fingerprint density at radius 2 is 2.06 bits per heavy atom. The van der Waals surface area contributed by atoms with Crippen LogP contribution in [0.1, 0.15) is 40.1 Å². The topological polar surface area (TPSA) is 12.0 Å². The highest BCUT2D eigenvalue weighted by Crippen LogP contribution is 2.32. The van der Waals surface area contributed by atoms with Crippen LogP contribution in [0.5, 0.6) is 0 Å². The van der Waals surface area contributed by atoms with Gasteiger partial charge < -0.3 is 5.32 Å². The number of thiophene rings is 2. The lowest BCUT2D eigenvalue weighted by molar-refractivity contribution is 0.639. The molecule has 0 fully saturated rings. The summed E-state index contributed by atoms with van der Waals surface area (Å²) < 4.78 is 0. The molecule has 2 aromatic rings. The first-order valence-electron chi connectivity index (χ1n) is 6.12. The largest absolute Gasteiger partial charge is 0.306 e. The molecular weight excluding hydrogens is 246 g/mol. The highest BCUT2D eigenvalue weighted by Gasteiger charge is 2.17. The first-order chi connectivity index (χ1) is 8.26. The molecule has 1 N–H and O–H groups in total. The van der Waals surface area contributed by atoms with Gasteiger partial charge in [0.1, 0.15) is 0 Å². The molecule has 2 aromatic heterocycles. The maximum absolute atomic E-state index is 3.60. The molecule has 0 amide bonds. The molecule has 0 radical (unpaired) electrons. The number of hydrogen-bond acceptors (Lipinski definition) is 3. The second kappa shape index (κ2) is 5.80. The zero-order chi connectivity index (χ0) is 12.3. The van der Waals surface area contributed by atoms with Gasteiger partial charge in [-0.2, -0.15) is 0 Å². The van der Waals surface area contributed by atoms with Gasteiger partial charge in [0, 0.05) is 14.6 Å². The van der Waals surface area contributed by atoms with Crippen LogP contribution in [-0.4, -0.2) is 6.54 Å². The molecule has 1 atom stereocenters. The molecule has 2 rings (SSSR count). The van der Waals surface area contributed by atoms with Crippen molar-refractivity contribution in [3.05, 3.63) is 43.8 Å². The zero-order valence-electron chi connectivity index (χ0n) is 10.6. The van der Waals surface area contributed by atoms with E-state index in [1.807, 2.05) is 22.7 Å². The first kappa shape index (κ1) is 12.8. The molecule has 17 heavy (non-hydrogen) atoms. The highest BCUT2D eigenvalue weighted by atomic mass is 32.1. The molecule has 0 bridgehead atoms. The average Bonchev–Trinajstić information content (AvgIpc) is 2.95. The Labute approximate surface area is 112 Å². The van der Waals surface area contributed by atoms with Crippen molar-refractivity contribution in [2.45, 2.75) is 33.2 Å². The van der Waals surface area contributed by atoms with Gasteiger partial charge in [0.15, 0.2) is 0 Å². The third kappa shape index (κ3) is 2.79. The van der Waals surface area contributed by atoms with Crippen LogP contribution in [0.4, 0.5) is 0 Å². The Morgan fingerprint density at radius 3 is 2.59 bits per heavy atom. The molecule has 0 aliphatic rings. The summed E-state index contributed by atoms with van der Waals surface area (Å²) >= 11 is 3.76. The van der Waals surface area contributed by atoms with Gasteiger partial charge in [-0.1, -0.05) is 13.8 Å². The van der Waals surface area contributed by atoms with Gasteiger partial charge >= 0.3 is 0 Å². The quantitative estimate of drug-likeness (QED) is 0.846. The van der Waals surface area contributed by atoms with Crippen LogP contribution in [0, 0.1) is 6.92 Å². The standard InChI is InChI=1S/C14H19NS2/c1-4-11-6-7-13(17-11)14(15-5-2)12-8-9-16-10(12)3/h6-9,14-15H,4-5H2,1-3H3. The predicted molar refractivity (Wildman–Crippen MR) is 78.3 cm³/mol. The van der Waals surface area contributed by atoms with E-state index in [4.69, 9.17) is 0 Å². The third-order valence-corrected chi connectivity index (χ3v) is 5.09. The molecule has 1 nitrogen and oxygen atoms in total. The Balaban J connectivity index is 2.32. The Morgan fingerprint density at radius 1 is 1.24 bits per heavy atom. The summed E-state index contributed by atoms with van der Waals surface area (Å²) in [4.78, 5) is 4.32. The van der Waals surface area contributed by atoms with Crippen LogP contribution in [0.15, 0.2) is 23.6 Å². The zero-order valence-corrected chi connectivity index (χ0v) is 12.3. The van der Waals surface area contributed by atoms with Crippen LogP contribution in [0.25, 0.3) is 0 Å². The van der Waals surface area contributed by atoms with Gasteiger partial charge in [-0.3, -0.25) is 0 Å². The van der Waals surface area contributed by atoms with Crippen molar-refractivity contribution in [2.24, 2.45) is 0 Å². The normalized spacial score (nSPS) is 12.9. The number of nitrogens with one attached hydrogen (secondary N) is 1. The lowest BCUT2D eigenvalue weighted by Gasteiger charge is -2.16. The average molecular weight is 265 g/mol. The minimum atomic E-state index is 0.372. The van der Waals surface area contributed by atoms with Crippen molar-refractivity contribution in [3.8, 4) is 0 Å². The van der Waals surface area contributed by atoms with Gasteiger partial charge in [0.25, 0.3) is 0 Å². The lowest BCUT2D eigenvalue weighted by atomic mass is 10.1. The highest BCUT2D eigenvalue weighted by molar-refractivity contribution is 7.12. The van der Waals surface area contributed by atoms with E-state index < -0.39 is 0 Å². The molecule has 2 heterocycles. The summed E-state index contributed by atoms with van der Waals surface area (Å²) in [5.74, 6) is 0. The van der Waals surface area contributed by atoms with Crippen molar-refractivity contribution in [3.63, 3.8) is 0 Å². The van der Waals surface area contributed by atoms with Gasteiger partial charge in [0.2, 0.25) is 0 Å². The molecule has 0 aromatic carbocycles. The molecule has 0 saturated carbocycles. The van der Waals surface area contributed by atoms with E-state index >= 15 is 0 Å². The van der Waals surface area contributed by atoms with Crippen molar-refractivity contribution in [2.75, 3.05) is 6.54 Å². The van der Waals surface area contributed by atoms with Crippen LogP contribution in [0.2, 0.25) is 0 Å². The monoisotopic (exact) mass is 265 g/mol. The summed E-state index contributed by atoms with van der Waals surface area (Å²) in [6, 6.07) is 7.15. The fraction of sp³-hybridized carbons (Fsp3) is 0.429. The van der Waals surface area contributed by atoms with E-state index in [0.29, 0.717) is 6.04 Å². The van der Waals surface area contributed by atoms with Gasteiger partial charge in [-0.15, -0.1) is 22.7 Å². The minimum absolute atomic E-state index is 0.372. The summed E-state index contributed by atoms with van der Waals surface area (Å²) in [5, 5.41) is 5.78. The Hall–Kier alpha value is -0.640. The number of aryl methyl sites for hydroxylation is 2. The summed E-state index contributed by atoms with van der Waals surface area (Å²) in [6.45, 7) is 7.59. The molecule has 0 saturated heterocycles. The van der Waals surface area contributed by atoms with Crippen molar-refractivity contribution in [1.29, 1.82) is 0 Å². The van der Waals surface area contributed by atoms with E-state index in [0.717, 1.165) is 13.0 Å². The van der Waals surface area contributed by atoms with Crippen molar-refractivity contribution < 1.29 is 0 Å². The number of hydrogen-bond donors (Lipinski definition) is 1. The van der Waals surface area contributed by atoms with E-state index in [1.165, 1.54) is 20.2 Å². The summed E-state index contributed by atoms with van der Waals surface area (Å²) in [5.41, 5.74) is 1.43. The maximum Gasteiger partial charge on any atom is 0.0681 e. The maximum atomic E-state index is 3.60. The third-order valence-electron chi connectivity index (χ3n) is 2.93. The number of rotatable bonds is 5. The van der Waals surface area contributed by atoms with Crippen LogP contribution >= 0.6 is 22.7 Å². The fourth-order valence-electron chi connectivity index (χ4n) is 2.00. The van der Waals surface area contributed by atoms with Gasteiger partial charge in [-0.05, 0) is 49.0 Å². The van der Waals surface area contributed by atoms with Crippen molar-refractivity contribution >= 4 is 22.7 Å². The van der Waals surface area contributed by atoms with Crippen LogP contribution in [0.3, 0.4) is 0 Å². The lowest BCUT2D eigenvalue weighted by Crippen LogP contribution is -2.21. The fourth-order valence-corrected chi connectivity index (χ4v) is 3.79. The van der Waals surface area contributed by atoms with E-state index in [-0.39, 0.29) is 0 Å². The Kier molecular flexibility index (Phi) is 4.37. The van der Waals surface area contributed by atoms with E-state index in [9.17, 15) is 0 Å². The Bertz CT molecular complexity index is 470. The predicted octanol–water partition coefficient (Wildman–Crippen LogP) is 4.38. The van der Waals surface area contributed by atoms with E-state index in [2.05, 4.69) is 49.7 Å². The molecule has 0 spiro atoms. The van der Waals surface area contributed by atoms with Gasteiger partial charge in [-0.25, -0.2) is 0 Å². The van der Waals surface area contributed by atoms with Crippen LogP contribution in [-0.2, 0) is 6.42 Å². The SMILES string of the molecule is CCNC(c1ccc(CC)s1)c1ccsc1C.